The van der Waals surface area contributed by atoms with Crippen molar-refractivity contribution in [3.63, 3.8) is 0 Å². The van der Waals surface area contributed by atoms with E-state index in [2.05, 4.69) is 9.71 Å². The van der Waals surface area contributed by atoms with E-state index in [1.807, 2.05) is 38.1 Å². The molecular weight excluding hydrogens is 418 g/mol. The Balaban J connectivity index is 1.53. The number of hydrogen-bond donors (Lipinski definition) is 2. The Bertz CT molecular complexity index is 1140. The molecule has 2 N–H and O–H groups in total. The lowest BCUT2D eigenvalue weighted by atomic mass is 9.95. The van der Waals surface area contributed by atoms with Crippen LogP contribution in [0.4, 0.5) is 0 Å². The Hall–Kier alpha value is -2.65. The third-order valence-electron chi connectivity index (χ3n) is 5.07. The van der Waals surface area contributed by atoms with E-state index < -0.39 is 26.8 Å². The highest BCUT2D eigenvalue weighted by molar-refractivity contribution is 7.89. The van der Waals surface area contributed by atoms with Gasteiger partial charge in [0, 0.05) is 18.8 Å². The molecule has 1 aliphatic rings. The van der Waals surface area contributed by atoms with Crippen LogP contribution in [0.25, 0.3) is 0 Å². The molecule has 0 saturated heterocycles. The molecule has 0 aliphatic heterocycles. The number of allylic oxidation sites excluding steroid dienone is 2. The third kappa shape index (κ3) is 7.22. The average molecular weight is 448 g/mol. The number of rotatable bonds is 11. The monoisotopic (exact) mass is 447 g/mol. The zero-order valence-corrected chi connectivity index (χ0v) is 18.7. The van der Waals surface area contributed by atoms with Crippen molar-refractivity contribution in [2.24, 2.45) is 5.92 Å². The second-order valence-electron chi connectivity index (χ2n) is 8.35. The lowest BCUT2D eigenvalue weighted by Crippen LogP contribution is -2.42. The average Bonchev–Trinajstić information content (AvgIpc) is 3.51. The predicted molar refractivity (Wildman–Crippen MR) is 120 cm³/mol. The van der Waals surface area contributed by atoms with Gasteiger partial charge in [-0.2, -0.15) is 0 Å². The first kappa shape index (κ1) is 23.0. The van der Waals surface area contributed by atoms with E-state index in [-0.39, 0.29) is 12.3 Å². The van der Waals surface area contributed by atoms with Crippen molar-refractivity contribution in [1.29, 1.82) is 0 Å². The summed E-state index contributed by atoms with van der Waals surface area (Å²) in [5.41, 5.74) is -0.913. The van der Waals surface area contributed by atoms with Gasteiger partial charge in [0.1, 0.15) is 5.75 Å². The predicted octanol–water partition coefficient (Wildman–Crippen LogP) is 2.13. The first-order valence-electron chi connectivity index (χ1n) is 10.3. The molecule has 0 amide bonds. The van der Waals surface area contributed by atoms with E-state index in [0.717, 1.165) is 11.3 Å². The van der Waals surface area contributed by atoms with Gasteiger partial charge >= 0.3 is 5.69 Å². The Morgan fingerprint density at radius 3 is 2.71 bits per heavy atom. The SMILES string of the molecule is CC(C)(NS(=O)(=O)CC/C=C/Cn1ccc(=O)[nH]c1=O)c1cccc(OCC2CC2)c1. The smallest absolute Gasteiger partial charge is 0.328 e. The van der Waals surface area contributed by atoms with Gasteiger partial charge < -0.3 is 4.74 Å². The summed E-state index contributed by atoms with van der Waals surface area (Å²) >= 11 is 0. The molecule has 2 aromatic rings. The van der Waals surface area contributed by atoms with Crippen molar-refractivity contribution in [2.45, 2.75) is 45.2 Å². The van der Waals surface area contributed by atoms with E-state index in [1.165, 1.54) is 29.7 Å². The van der Waals surface area contributed by atoms with Crippen LogP contribution >= 0.6 is 0 Å². The van der Waals surface area contributed by atoms with Crippen LogP contribution < -0.4 is 20.7 Å². The van der Waals surface area contributed by atoms with Gasteiger partial charge in [0.2, 0.25) is 10.0 Å². The molecule has 1 aromatic carbocycles. The minimum absolute atomic E-state index is 0.0781. The maximum absolute atomic E-state index is 12.6. The number of aromatic nitrogens is 2. The van der Waals surface area contributed by atoms with Crippen molar-refractivity contribution in [2.75, 3.05) is 12.4 Å². The fourth-order valence-corrected chi connectivity index (χ4v) is 4.53. The third-order valence-corrected chi connectivity index (χ3v) is 6.66. The van der Waals surface area contributed by atoms with Crippen LogP contribution in [0.2, 0.25) is 0 Å². The lowest BCUT2D eigenvalue weighted by molar-refractivity contribution is 0.298. The zero-order valence-electron chi connectivity index (χ0n) is 17.8. The van der Waals surface area contributed by atoms with Gasteiger partial charge in [0.25, 0.3) is 5.56 Å². The molecule has 1 aromatic heterocycles. The largest absolute Gasteiger partial charge is 0.493 e. The normalized spacial score (nSPS) is 14.8. The van der Waals surface area contributed by atoms with E-state index in [9.17, 15) is 18.0 Å². The van der Waals surface area contributed by atoms with Crippen molar-refractivity contribution in [3.8, 4) is 5.75 Å². The number of ether oxygens (including phenoxy) is 1. The van der Waals surface area contributed by atoms with Crippen LogP contribution in [0.1, 0.15) is 38.7 Å². The second-order valence-corrected chi connectivity index (χ2v) is 10.2. The molecule has 1 aliphatic carbocycles. The van der Waals surface area contributed by atoms with Crippen LogP contribution in [0, 0.1) is 5.92 Å². The van der Waals surface area contributed by atoms with Crippen molar-refractivity contribution in [1.82, 2.24) is 14.3 Å². The summed E-state index contributed by atoms with van der Waals surface area (Å²) in [4.78, 5) is 24.8. The highest BCUT2D eigenvalue weighted by Gasteiger charge is 2.27. The van der Waals surface area contributed by atoms with E-state index in [4.69, 9.17) is 4.74 Å². The molecule has 3 rings (SSSR count). The number of benzene rings is 1. The number of nitrogens with zero attached hydrogens (tertiary/aromatic N) is 1. The molecule has 1 saturated carbocycles. The molecular formula is C22H29N3O5S. The minimum Gasteiger partial charge on any atom is -0.493 e. The fourth-order valence-electron chi connectivity index (χ4n) is 3.09. The Morgan fingerprint density at radius 2 is 2.00 bits per heavy atom. The van der Waals surface area contributed by atoms with Crippen LogP contribution in [-0.4, -0.2) is 30.3 Å². The molecule has 9 heteroatoms. The summed E-state index contributed by atoms with van der Waals surface area (Å²) in [7, 11) is -3.53. The van der Waals surface area contributed by atoms with Gasteiger partial charge in [-0.15, -0.1) is 0 Å². The summed E-state index contributed by atoms with van der Waals surface area (Å²) in [6, 6.07) is 8.78. The van der Waals surface area contributed by atoms with Gasteiger partial charge in [-0.3, -0.25) is 14.3 Å². The van der Waals surface area contributed by atoms with Gasteiger partial charge in [-0.05, 0) is 56.7 Å². The summed E-state index contributed by atoms with van der Waals surface area (Å²) in [6.45, 7) is 4.60. The highest BCUT2D eigenvalue weighted by atomic mass is 32.2. The molecule has 31 heavy (non-hydrogen) atoms. The number of H-pyrrole nitrogens is 1. The highest BCUT2D eigenvalue weighted by Crippen LogP contribution is 2.30. The first-order chi connectivity index (χ1) is 14.6. The van der Waals surface area contributed by atoms with Gasteiger partial charge in [-0.25, -0.2) is 17.9 Å². The summed E-state index contributed by atoms with van der Waals surface area (Å²) in [6.07, 6.45) is 7.52. The van der Waals surface area contributed by atoms with E-state index in [1.54, 1.807) is 12.2 Å². The zero-order chi connectivity index (χ0) is 22.5. The number of aromatic amines is 1. The maximum Gasteiger partial charge on any atom is 0.328 e. The first-order valence-corrected chi connectivity index (χ1v) is 12.0. The maximum atomic E-state index is 12.6. The molecule has 1 fully saturated rings. The molecule has 1 heterocycles. The van der Waals surface area contributed by atoms with E-state index >= 15 is 0 Å². The van der Waals surface area contributed by atoms with Crippen molar-refractivity contribution >= 4 is 10.0 Å². The number of nitrogens with one attached hydrogen (secondary N) is 2. The second kappa shape index (κ2) is 9.65. The summed E-state index contributed by atoms with van der Waals surface area (Å²) in [5.74, 6) is 1.31. The van der Waals surface area contributed by atoms with Crippen LogP contribution in [0.5, 0.6) is 5.75 Å². The van der Waals surface area contributed by atoms with E-state index in [0.29, 0.717) is 18.9 Å². The molecule has 8 nitrogen and oxygen atoms in total. The van der Waals surface area contributed by atoms with Crippen molar-refractivity contribution in [3.05, 3.63) is 75.1 Å². The fraction of sp³-hybridized carbons (Fsp3) is 0.455. The molecule has 0 spiro atoms. The number of hydrogen-bond acceptors (Lipinski definition) is 5. The molecule has 0 atom stereocenters. The van der Waals surface area contributed by atoms with Crippen LogP contribution in [0.15, 0.2) is 58.3 Å². The Kier molecular flexibility index (Phi) is 7.17. The van der Waals surface area contributed by atoms with Crippen molar-refractivity contribution < 1.29 is 13.2 Å². The molecule has 0 radical (unpaired) electrons. The van der Waals surface area contributed by atoms with Gasteiger partial charge in [-0.1, -0.05) is 24.3 Å². The summed E-state index contributed by atoms with van der Waals surface area (Å²) in [5, 5.41) is 0. The Morgan fingerprint density at radius 1 is 1.23 bits per heavy atom. The molecule has 0 unspecified atom stereocenters. The van der Waals surface area contributed by atoms with Gasteiger partial charge in [0.15, 0.2) is 0 Å². The van der Waals surface area contributed by atoms with Crippen LogP contribution in [-0.2, 0) is 22.1 Å². The quantitative estimate of drug-likeness (QED) is 0.513. The summed E-state index contributed by atoms with van der Waals surface area (Å²) < 4.78 is 35.1. The minimum atomic E-state index is -3.53. The molecule has 168 valence electrons. The van der Waals surface area contributed by atoms with Gasteiger partial charge in [0.05, 0.1) is 17.9 Å². The molecule has 0 bridgehead atoms. The number of sulfonamides is 1. The topological polar surface area (TPSA) is 110 Å². The van der Waals surface area contributed by atoms with Crippen LogP contribution in [0.3, 0.4) is 0 Å². The Labute approximate surface area is 182 Å². The lowest BCUT2D eigenvalue weighted by Gasteiger charge is -2.27. The standard InChI is InChI=1S/C22H29N3O5S/c1-22(2,18-7-6-8-19(15-18)30-16-17-9-10-17)24-31(28,29)14-5-3-4-12-25-13-11-20(26)23-21(25)27/h3-4,6-8,11,13,15,17,24H,5,9-10,12,14,16H2,1-2H3,(H,23,26,27)/b4-3+.